The third kappa shape index (κ3) is 1.84. The normalized spacial score (nSPS) is 10.7. The van der Waals surface area contributed by atoms with Crippen molar-refractivity contribution in [2.45, 2.75) is 0 Å². The molecule has 1 aromatic carbocycles. The number of phenols is 1. The zero-order valence-electron chi connectivity index (χ0n) is 9.61. The third-order valence-corrected chi connectivity index (χ3v) is 2.48. The quantitative estimate of drug-likeness (QED) is 0.742. The van der Waals surface area contributed by atoms with Crippen LogP contribution in [0.4, 0.5) is 0 Å². The van der Waals surface area contributed by atoms with Crippen LogP contribution in [0.3, 0.4) is 0 Å². The van der Waals surface area contributed by atoms with Gasteiger partial charge >= 0.3 is 0 Å². The molecule has 0 bridgehead atoms. The van der Waals surface area contributed by atoms with E-state index in [9.17, 15) is 5.11 Å². The Balaban J connectivity index is 1.96. The lowest BCUT2D eigenvalue weighted by Crippen LogP contribution is -1.87. The van der Waals surface area contributed by atoms with Crippen LogP contribution in [0.25, 0.3) is 23.0 Å². The smallest absolute Gasteiger partial charge is 0.278 e. The first-order valence-electron chi connectivity index (χ1n) is 5.35. The summed E-state index contributed by atoms with van der Waals surface area (Å²) in [5, 5.41) is 17.3. The average molecular weight is 242 g/mol. The van der Waals surface area contributed by atoms with Gasteiger partial charge in [0.15, 0.2) is 5.69 Å². The van der Waals surface area contributed by atoms with E-state index in [4.69, 9.17) is 4.52 Å². The highest BCUT2D eigenvalue weighted by Crippen LogP contribution is 2.22. The summed E-state index contributed by atoms with van der Waals surface area (Å²) < 4.78 is 6.82. The molecule has 0 aliphatic heterocycles. The first-order valence-corrected chi connectivity index (χ1v) is 5.35. The SMILES string of the molecule is Cn1ccc(-c2nc(-c3ccc(O)cc3)no2)n1. The predicted molar refractivity (Wildman–Crippen MR) is 63.6 cm³/mol. The second-order valence-corrected chi connectivity index (χ2v) is 3.84. The van der Waals surface area contributed by atoms with Crippen molar-refractivity contribution in [2.24, 2.45) is 7.05 Å². The lowest BCUT2D eigenvalue weighted by atomic mass is 10.2. The Hall–Kier alpha value is -2.63. The van der Waals surface area contributed by atoms with Crippen LogP contribution >= 0.6 is 0 Å². The van der Waals surface area contributed by atoms with E-state index in [2.05, 4.69) is 15.2 Å². The number of aromatic hydroxyl groups is 1. The number of aromatic nitrogens is 4. The molecule has 0 saturated heterocycles. The molecule has 6 nitrogen and oxygen atoms in total. The molecule has 18 heavy (non-hydrogen) atoms. The topological polar surface area (TPSA) is 77.0 Å². The van der Waals surface area contributed by atoms with Crippen LogP contribution in [0.15, 0.2) is 41.1 Å². The molecule has 1 N–H and O–H groups in total. The molecule has 3 aromatic rings. The number of benzene rings is 1. The van der Waals surface area contributed by atoms with E-state index < -0.39 is 0 Å². The summed E-state index contributed by atoms with van der Waals surface area (Å²) in [6.07, 6.45) is 1.81. The van der Waals surface area contributed by atoms with Crippen LogP contribution in [0.2, 0.25) is 0 Å². The minimum absolute atomic E-state index is 0.201. The van der Waals surface area contributed by atoms with Crippen LogP contribution in [0, 0.1) is 0 Å². The highest BCUT2D eigenvalue weighted by Gasteiger charge is 2.12. The van der Waals surface area contributed by atoms with Gasteiger partial charge in [-0.05, 0) is 30.3 Å². The van der Waals surface area contributed by atoms with E-state index in [0.29, 0.717) is 17.4 Å². The van der Waals surface area contributed by atoms with Crippen molar-refractivity contribution in [1.29, 1.82) is 0 Å². The van der Waals surface area contributed by atoms with Gasteiger partial charge in [0.25, 0.3) is 5.89 Å². The molecule has 90 valence electrons. The van der Waals surface area contributed by atoms with Gasteiger partial charge in [0, 0.05) is 18.8 Å². The summed E-state index contributed by atoms with van der Waals surface area (Å²) in [4.78, 5) is 4.26. The van der Waals surface area contributed by atoms with Crippen LogP contribution in [-0.2, 0) is 7.05 Å². The molecule has 0 aliphatic rings. The molecular weight excluding hydrogens is 232 g/mol. The van der Waals surface area contributed by atoms with E-state index >= 15 is 0 Å². The molecule has 0 amide bonds. The van der Waals surface area contributed by atoms with E-state index in [1.54, 1.807) is 41.2 Å². The summed E-state index contributed by atoms with van der Waals surface area (Å²) in [5.74, 6) is 1.04. The van der Waals surface area contributed by atoms with Gasteiger partial charge in [0.1, 0.15) is 5.75 Å². The van der Waals surface area contributed by atoms with Gasteiger partial charge in [0.2, 0.25) is 5.82 Å². The van der Waals surface area contributed by atoms with Crippen molar-refractivity contribution in [2.75, 3.05) is 0 Å². The first-order chi connectivity index (χ1) is 8.72. The number of hydrogen-bond donors (Lipinski definition) is 1. The molecule has 2 aromatic heterocycles. The lowest BCUT2D eigenvalue weighted by Gasteiger charge is -1.93. The minimum Gasteiger partial charge on any atom is -0.508 e. The van der Waals surface area contributed by atoms with Crippen molar-refractivity contribution in [3.63, 3.8) is 0 Å². The summed E-state index contributed by atoms with van der Waals surface area (Å²) in [6, 6.07) is 8.40. The Bertz CT molecular complexity index is 669. The van der Waals surface area contributed by atoms with E-state index in [1.807, 2.05) is 7.05 Å². The van der Waals surface area contributed by atoms with Gasteiger partial charge in [-0.3, -0.25) is 4.68 Å². The molecule has 0 saturated carbocycles. The van der Waals surface area contributed by atoms with Crippen molar-refractivity contribution < 1.29 is 9.63 Å². The van der Waals surface area contributed by atoms with Crippen LogP contribution in [-0.4, -0.2) is 25.0 Å². The first kappa shape index (κ1) is 10.5. The van der Waals surface area contributed by atoms with Crippen molar-refractivity contribution in [3.05, 3.63) is 36.5 Å². The van der Waals surface area contributed by atoms with Crippen LogP contribution in [0.1, 0.15) is 0 Å². The predicted octanol–water partition coefficient (Wildman–Crippen LogP) is 1.84. The standard InChI is InChI=1S/C12H10N4O2/c1-16-7-6-10(14-16)12-13-11(15-18-12)8-2-4-9(17)5-3-8/h2-7,17H,1H3. The van der Waals surface area contributed by atoms with Crippen molar-refractivity contribution in [3.8, 4) is 28.7 Å². The van der Waals surface area contributed by atoms with Crippen molar-refractivity contribution in [1.82, 2.24) is 19.9 Å². The molecule has 0 radical (unpaired) electrons. The maximum atomic E-state index is 9.21. The number of aryl methyl sites for hydroxylation is 1. The Morgan fingerprint density at radius 2 is 1.94 bits per heavy atom. The van der Waals surface area contributed by atoms with Gasteiger partial charge < -0.3 is 9.63 Å². The molecule has 0 aliphatic carbocycles. The molecule has 0 atom stereocenters. The fourth-order valence-electron chi connectivity index (χ4n) is 1.58. The van der Waals surface area contributed by atoms with Gasteiger partial charge in [-0.15, -0.1) is 0 Å². The maximum Gasteiger partial charge on any atom is 0.278 e. The highest BCUT2D eigenvalue weighted by molar-refractivity contribution is 5.58. The Kier molecular flexibility index (Phi) is 2.33. The summed E-state index contributed by atoms with van der Waals surface area (Å²) in [5.41, 5.74) is 1.41. The number of hydrogen-bond acceptors (Lipinski definition) is 5. The molecule has 6 heteroatoms. The van der Waals surface area contributed by atoms with Gasteiger partial charge in [0.05, 0.1) is 0 Å². The molecule has 3 rings (SSSR count). The molecular formula is C12H10N4O2. The molecule has 0 spiro atoms. The fraction of sp³-hybridized carbons (Fsp3) is 0.0833. The second kappa shape index (κ2) is 3.99. The Labute approximate surface area is 102 Å². The fourth-order valence-corrected chi connectivity index (χ4v) is 1.58. The maximum absolute atomic E-state index is 9.21. The molecule has 2 heterocycles. The molecule has 0 fully saturated rings. The largest absolute Gasteiger partial charge is 0.508 e. The summed E-state index contributed by atoms with van der Waals surface area (Å²) in [7, 11) is 1.82. The van der Waals surface area contributed by atoms with Gasteiger partial charge in [-0.25, -0.2) is 0 Å². The highest BCUT2D eigenvalue weighted by atomic mass is 16.5. The van der Waals surface area contributed by atoms with Crippen molar-refractivity contribution >= 4 is 0 Å². The third-order valence-electron chi connectivity index (χ3n) is 2.48. The van der Waals surface area contributed by atoms with E-state index in [0.717, 1.165) is 5.56 Å². The Morgan fingerprint density at radius 1 is 1.17 bits per heavy atom. The summed E-state index contributed by atoms with van der Waals surface area (Å²) >= 11 is 0. The van der Waals surface area contributed by atoms with Crippen LogP contribution < -0.4 is 0 Å². The zero-order chi connectivity index (χ0) is 12.5. The second-order valence-electron chi connectivity index (χ2n) is 3.84. The lowest BCUT2D eigenvalue weighted by molar-refractivity contribution is 0.430. The minimum atomic E-state index is 0.201. The van der Waals surface area contributed by atoms with E-state index in [-0.39, 0.29) is 5.75 Å². The Morgan fingerprint density at radius 3 is 2.61 bits per heavy atom. The monoisotopic (exact) mass is 242 g/mol. The summed E-state index contributed by atoms with van der Waals surface area (Å²) in [6.45, 7) is 0. The zero-order valence-corrected chi connectivity index (χ0v) is 9.61. The molecule has 0 unspecified atom stereocenters. The number of nitrogens with zero attached hydrogens (tertiary/aromatic N) is 4. The van der Waals surface area contributed by atoms with E-state index in [1.165, 1.54) is 0 Å². The number of rotatable bonds is 2. The average Bonchev–Trinajstić information content (AvgIpc) is 2.98. The van der Waals surface area contributed by atoms with Gasteiger partial charge in [-0.2, -0.15) is 10.1 Å². The van der Waals surface area contributed by atoms with Gasteiger partial charge in [-0.1, -0.05) is 5.16 Å². The van der Waals surface area contributed by atoms with Crippen LogP contribution in [0.5, 0.6) is 5.75 Å². The number of phenolic OH excluding ortho intramolecular Hbond substituents is 1.